The van der Waals surface area contributed by atoms with Crippen molar-refractivity contribution < 1.29 is 4.79 Å². The molecule has 0 aliphatic rings. The summed E-state index contributed by atoms with van der Waals surface area (Å²) < 4.78 is 8.28. The number of aromatic nitrogens is 2. The number of para-hydroxylation sites is 1. The predicted octanol–water partition coefficient (Wildman–Crippen LogP) is 4.33. The largest absolute Gasteiger partial charge is 0.332 e. The molecule has 0 saturated heterocycles. The van der Waals surface area contributed by atoms with E-state index in [4.69, 9.17) is 12.2 Å². The van der Waals surface area contributed by atoms with Crippen LogP contribution in [0, 0.1) is 0 Å². The molecule has 3 rings (SSSR count). The second-order valence-corrected chi connectivity index (χ2v) is 6.71. The van der Waals surface area contributed by atoms with E-state index in [2.05, 4.69) is 39.3 Å². The molecule has 0 fully saturated rings. The fourth-order valence-electron chi connectivity index (χ4n) is 2.51. The topological polar surface area (TPSA) is 66.9 Å². The van der Waals surface area contributed by atoms with Crippen LogP contribution >= 0.6 is 23.9 Å². The molecule has 0 bridgehead atoms. The average molecular weight is 371 g/mol. The fourth-order valence-corrected chi connectivity index (χ4v) is 3.23. The molecule has 2 N–H and O–H groups in total. The minimum atomic E-state index is -0.270. The van der Waals surface area contributed by atoms with Crippen LogP contribution in [0.3, 0.4) is 0 Å². The lowest BCUT2D eigenvalue weighted by atomic mass is 9.97. The first-order chi connectivity index (χ1) is 12.1. The van der Waals surface area contributed by atoms with Crippen molar-refractivity contribution in [2.75, 3.05) is 5.32 Å². The zero-order valence-corrected chi connectivity index (χ0v) is 15.6. The third-order valence-electron chi connectivity index (χ3n) is 4.10. The summed E-state index contributed by atoms with van der Waals surface area (Å²) in [4.78, 5) is 12.4. The number of fused-ring (bicyclic) bond motifs is 1. The lowest BCUT2D eigenvalue weighted by Crippen LogP contribution is -2.34. The molecule has 2 aromatic carbocycles. The van der Waals surface area contributed by atoms with Crippen LogP contribution in [0.1, 0.15) is 42.1 Å². The van der Waals surface area contributed by atoms with Crippen LogP contribution in [0.2, 0.25) is 0 Å². The first kappa shape index (κ1) is 17.4. The molecule has 128 valence electrons. The van der Waals surface area contributed by atoms with Gasteiger partial charge in [-0.25, -0.2) is 0 Å². The molecule has 0 radical (unpaired) electrons. The van der Waals surface area contributed by atoms with E-state index in [0.29, 0.717) is 17.0 Å². The van der Waals surface area contributed by atoms with Crippen molar-refractivity contribution in [3.63, 3.8) is 0 Å². The quantitative estimate of drug-likeness (QED) is 0.669. The second-order valence-electron chi connectivity index (χ2n) is 5.77. The number of nitrogens with one attached hydrogen (secondary N) is 2. The van der Waals surface area contributed by atoms with Gasteiger partial charge < -0.3 is 5.32 Å². The number of anilines is 1. The summed E-state index contributed by atoms with van der Waals surface area (Å²) in [7, 11) is 0. The molecule has 1 amide bonds. The molecule has 1 heterocycles. The summed E-state index contributed by atoms with van der Waals surface area (Å²) in [5.74, 6) is 0.134. The summed E-state index contributed by atoms with van der Waals surface area (Å²) in [6, 6.07) is 13.2. The van der Waals surface area contributed by atoms with Gasteiger partial charge in [0.25, 0.3) is 5.91 Å². The summed E-state index contributed by atoms with van der Waals surface area (Å²) in [6.07, 6.45) is 1.03. The Bertz CT molecular complexity index is 922. The molecule has 0 spiro atoms. The van der Waals surface area contributed by atoms with Gasteiger partial charge in [-0.3, -0.25) is 10.1 Å². The van der Waals surface area contributed by atoms with Crippen molar-refractivity contribution in [2.45, 2.75) is 26.2 Å². The van der Waals surface area contributed by atoms with E-state index >= 15 is 0 Å². The maximum atomic E-state index is 12.4. The highest BCUT2D eigenvalue weighted by atomic mass is 32.1. The Kier molecular flexibility index (Phi) is 5.35. The molecule has 0 aliphatic heterocycles. The zero-order chi connectivity index (χ0) is 17.8. The van der Waals surface area contributed by atoms with Gasteiger partial charge in [0.15, 0.2) is 5.11 Å². The number of thiocarbonyl (C=S) groups is 1. The van der Waals surface area contributed by atoms with E-state index in [0.717, 1.165) is 29.4 Å². The van der Waals surface area contributed by atoms with Gasteiger partial charge in [-0.2, -0.15) is 8.75 Å². The van der Waals surface area contributed by atoms with Crippen LogP contribution < -0.4 is 10.6 Å². The highest BCUT2D eigenvalue weighted by Gasteiger charge is 2.13. The minimum Gasteiger partial charge on any atom is -0.332 e. The van der Waals surface area contributed by atoms with Gasteiger partial charge >= 0.3 is 0 Å². The Morgan fingerprint density at radius 1 is 1.20 bits per heavy atom. The van der Waals surface area contributed by atoms with Crippen molar-refractivity contribution in [3.8, 4) is 0 Å². The Morgan fingerprint density at radius 2 is 1.96 bits per heavy atom. The van der Waals surface area contributed by atoms with Crippen LogP contribution in [0.5, 0.6) is 0 Å². The zero-order valence-electron chi connectivity index (χ0n) is 13.9. The van der Waals surface area contributed by atoms with Gasteiger partial charge in [-0.15, -0.1) is 0 Å². The van der Waals surface area contributed by atoms with E-state index in [1.54, 1.807) is 18.2 Å². The van der Waals surface area contributed by atoms with Gasteiger partial charge in [0, 0.05) is 11.3 Å². The van der Waals surface area contributed by atoms with Crippen LogP contribution in [0.15, 0.2) is 42.5 Å². The number of benzene rings is 2. The molecule has 3 aromatic rings. The molecule has 7 heteroatoms. The Morgan fingerprint density at radius 3 is 2.76 bits per heavy atom. The molecular formula is C18H18N4OS2. The van der Waals surface area contributed by atoms with Crippen LogP contribution in [-0.4, -0.2) is 19.8 Å². The number of carbonyl (C=O) groups excluding carboxylic acids is 1. The Balaban J connectivity index is 1.71. The molecule has 0 aliphatic carbocycles. The first-order valence-electron chi connectivity index (χ1n) is 8.02. The average Bonchev–Trinajstić information content (AvgIpc) is 3.09. The van der Waals surface area contributed by atoms with Crippen LogP contribution in [0.4, 0.5) is 5.69 Å². The third kappa shape index (κ3) is 4.00. The number of hydrogen-bond acceptors (Lipinski definition) is 5. The second kappa shape index (κ2) is 7.67. The van der Waals surface area contributed by atoms with E-state index in [-0.39, 0.29) is 11.0 Å². The van der Waals surface area contributed by atoms with Gasteiger partial charge in [-0.05, 0) is 54.4 Å². The van der Waals surface area contributed by atoms with Crippen molar-refractivity contribution in [2.24, 2.45) is 0 Å². The maximum Gasteiger partial charge on any atom is 0.257 e. The highest BCUT2D eigenvalue weighted by Crippen LogP contribution is 2.26. The normalized spacial score (nSPS) is 11.9. The van der Waals surface area contributed by atoms with Gasteiger partial charge in [0.1, 0.15) is 11.0 Å². The van der Waals surface area contributed by atoms with Crippen molar-refractivity contribution in [1.29, 1.82) is 0 Å². The highest BCUT2D eigenvalue weighted by molar-refractivity contribution is 7.80. The predicted molar refractivity (Wildman–Crippen MR) is 106 cm³/mol. The third-order valence-corrected chi connectivity index (χ3v) is 4.86. The monoisotopic (exact) mass is 370 g/mol. The lowest BCUT2D eigenvalue weighted by molar-refractivity contribution is 0.0978. The summed E-state index contributed by atoms with van der Waals surface area (Å²) in [5.41, 5.74) is 4.08. The van der Waals surface area contributed by atoms with E-state index in [1.165, 1.54) is 5.56 Å². The standard InChI is InChI=1S/C18H18N4OS2/c1-3-11(2)13-6-4-5-7-14(13)19-18(24)20-17(23)12-8-9-15-16(10-12)22-25-21-15/h4-11H,3H2,1-2H3,(H2,19,20,23,24). The summed E-state index contributed by atoms with van der Waals surface area (Å²) >= 11 is 6.43. The van der Waals surface area contributed by atoms with Crippen LogP contribution in [-0.2, 0) is 0 Å². The lowest BCUT2D eigenvalue weighted by Gasteiger charge is -2.17. The Hall–Kier alpha value is -2.38. The smallest absolute Gasteiger partial charge is 0.257 e. The number of hydrogen-bond donors (Lipinski definition) is 2. The molecule has 1 unspecified atom stereocenters. The fraction of sp³-hybridized carbons (Fsp3) is 0.222. The van der Waals surface area contributed by atoms with Gasteiger partial charge in [-0.1, -0.05) is 32.0 Å². The molecule has 1 aromatic heterocycles. The van der Waals surface area contributed by atoms with Crippen LogP contribution in [0.25, 0.3) is 11.0 Å². The molecule has 1 atom stereocenters. The SMILES string of the molecule is CCC(C)c1ccccc1NC(=S)NC(=O)c1ccc2nsnc2c1. The number of rotatable bonds is 4. The Labute approximate surface area is 155 Å². The van der Waals surface area contributed by atoms with Gasteiger partial charge in [0.05, 0.1) is 11.7 Å². The van der Waals surface area contributed by atoms with Crippen molar-refractivity contribution in [1.82, 2.24) is 14.1 Å². The number of carbonyl (C=O) groups is 1. The van der Waals surface area contributed by atoms with Crippen molar-refractivity contribution in [3.05, 3.63) is 53.6 Å². The molecule has 5 nitrogen and oxygen atoms in total. The minimum absolute atomic E-state index is 0.270. The summed E-state index contributed by atoms with van der Waals surface area (Å²) in [5, 5.41) is 6.13. The molecule has 0 saturated carbocycles. The van der Waals surface area contributed by atoms with Gasteiger partial charge in [0.2, 0.25) is 0 Å². The van der Waals surface area contributed by atoms with E-state index in [1.807, 2.05) is 18.2 Å². The maximum absolute atomic E-state index is 12.4. The number of amides is 1. The van der Waals surface area contributed by atoms with Crippen molar-refractivity contribution >= 4 is 51.7 Å². The van der Waals surface area contributed by atoms with E-state index in [9.17, 15) is 4.79 Å². The summed E-state index contributed by atoms with van der Waals surface area (Å²) in [6.45, 7) is 4.31. The molecular weight excluding hydrogens is 352 g/mol. The van der Waals surface area contributed by atoms with E-state index < -0.39 is 0 Å². The first-order valence-corrected chi connectivity index (χ1v) is 9.16. The molecule has 25 heavy (non-hydrogen) atoms. The number of nitrogens with zero attached hydrogens (tertiary/aromatic N) is 2.